The van der Waals surface area contributed by atoms with Gasteiger partial charge in [0.1, 0.15) is 6.10 Å². The number of nitrogens with two attached hydrogens (primary N) is 1. The second kappa shape index (κ2) is 16.3. The Balaban J connectivity index is 3.55. The zero-order chi connectivity index (χ0) is 18.1. The zero-order valence-corrected chi connectivity index (χ0v) is 16.2. The topological polar surface area (TPSA) is 73.9 Å². The first kappa shape index (κ1) is 23.8. The molecule has 0 aliphatic rings. The van der Waals surface area contributed by atoms with Crippen molar-refractivity contribution in [3.05, 3.63) is 0 Å². The van der Waals surface area contributed by atoms with E-state index in [9.17, 15) is 5.11 Å². The van der Waals surface area contributed by atoms with E-state index in [2.05, 4.69) is 6.92 Å². The molecule has 0 aliphatic carbocycles. The summed E-state index contributed by atoms with van der Waals surface area (Å²) in [6.45, 7) is 7.60. The Kier molecular flexibility index (Phi) is 16.1. The van der Waals surface area contributed by atoms with Crippen LogP contribution in [0, 0.1) is 0 Å². The summed E-state index contributed by atoms with van der Waals surface area (Å²) in [5, 5.41) is 10.0. The minimum Gasteiger partial charge on any atom is -0.378 e. The van der Waals surface area contributed by atoms with Crippen molar-refractivity contribution in [2.75, 3.05) is 26.4 Å². The summed E-state index contributed by atoms with van der Waals surface area (Å²) in [4.78, 5) is 0. The average molecular weight is 348 g/mol. The number of hydrogen-bond acceptors (Lipinski definition) is 5. The van der Waals surface area contributed by atoms with Crippen LogP contribution < -0.4 is 5.73 Å². The highest BCUT2D eigenvalue weighted by molar-refractivity contribution is 4.72. The van der Waals surface area contributed by atoms with Crippen LogP contribution in [0.15, 0.2) is 0 Å². The van der Waals surface area contributed by atoms with Crippen molar-refractivity contribution in [2.24, 2.45) is 5.73 Å². The quantitative estimate of drug-likeness (QED) is 0.290. The Bertz CT molecular complexity index is 262. The van der Waals surface area contributed by atoms with Gasteiger partial charge < -0.3 is 19.3 Å². The van der Waals surface area contributed by atoms with Crippen LogP contribution in [0.2, 0.25) is 0 Å². The average Bonchev–Trinajstić information content (AvgIpc) is 2.54. The van der Waals surface area contributed by atoms with E-state index in [1.54, 1.807) is 6.92 Å². The summed E-state index contributed by atoms with van der Waals surface area (Å²) >= 11 is 0. The lowest BCUT2D eigenvalue weighted by Gasteiger charge is -2.31. The minimum atomic E-state index is -1.79. The maximum absolute atomic E-state index is 10.0. The molecule has 0 rings (SSSR count). The molecule has 0 aliphatic heterocycles. The van der Waals surface area contributed by atoms with Crippen LogP contribution in [0.1, 0.15) is 85.0 Å². The lowest BCUT2D eigenvalue weighted by atomic mass is 10.1. The third kappa shape index (κ3) is 13.1. The molecule has 0 aromatic heterocycles. The van der Waals surface area contributed by atoms with Gasteiger partial charge in [-0.3, -0.25) is 5.73 Å². The standard InChI is InChI=1S/C19H41NO4/c1-4-7-8-9-10-11-12-13-14-15-16-22-17-18(23-5-2)19(20,21)24-6-3/h18,21H,4-17,20H2,1-3H3. The van der Waals surface area contributed by atoms with E-state index in [4.69, 9.17) is 19.9 Å². The first-order valence-electron chi connectivity index (χ1n) is 9.93. The fourth-order valence-corrected chi connectivity index (χ4v) is 2.69. The summed E-state index contributed by atoms with van der Waals surface area (Å²) in [6.07, 6.45) is 12.3. The van der Waals surface area contributed by atoms with Crippen molar-refractivity contribution >= 4 is 0 Å². The number of hydrogen-bond donors (Lipinski definition) is 2. The molecule has 3 N–H and O–H groups in total. The molecule has 24 heavy (non-hydrogen) atoms. The zero-order valence-electron chi connectivity index (χ0n) is 16.2. The summed E-state index contributed by atoms with van der Waals surface area (Å²) in [7, 11) is 0. The molecule has 0 amide bonds. The first-order valence-corrected chi connectivity index (χ1v) is 9.93. The molecule has 0 radical (unpaired) electrons. The van der Waals surface area contributed by atoms with Gasteiger partial charge >= 0.3 is 0 Å². The highest BCUT2D eigenvalue weighted by atomic mass is 16.7. The Morgan fingerprint density at radius 3 is 1.88 bits per heavy atom. The maximum Gasteiger partial charge on any atom is 0.252 e. The van der Waals surface area contributed by atoms with Crippen LogP contribution in [0.4, 0.5) is 0 Å². The van der Waals surface area contributed by atoms with Gasteiger partial charge in [-0.15, -0.1) is 0 Å². The highest BCUT2D eigenvalue weighted by Gasteiger charge is 2.34. The van der Waals surface area contributed by atoms with E-state index < -0.39 is 12.0 Å². The summed E-state index contributed by atoms with van der Waals surface area (Å²) in [6, 6.07) is 0. The van der Waals surface area contributed by atoms with Gasteiger partial charge in [0.05, 0.1) is 6.61 Å². The van der Waals surface area contributed by atoms with Gasteiger partial charge in [0.25, 0.3) is 5.91 Å². The van der Waals surface area contributed by atoms with Crippen LogP contribution in [0.25, 0.3) is 0 Å². The van der Waals surface area contributed by atoms with E-state index in [1.807, 2.05) is 6.92 Å². The molecule has 0 spiro atoms. The fraction of sp³-hybridized carbons (Fsp3) is 1.00. The lowest BCUT2D eigenvalue weighted by molar-refractivity contribution is -0.270. The molecule has 5 heteroatoms. The Morgan fingerprint density at radius 1 is 0.833 bits per heavy atom. The van der Waals surface area contributed by atoms with Gasteiger partial charge in [0.15, 0.2) is 0 Å². The van der Waals surface area contributed by atoms with E-state index in [0.29, 0.717) is 19.8 Å². The van der Waals surface area contributed by atoms with Crippen LogP contribution >= 0.6 is 0 Å². The smallest absolute Gasteiger partial charge is 0.252 e. The SMILES string of the molecule is CCCCCCCCCCCCOCC(OCC)C(N)(O)OCC. The van der Waals surface area contributed by atoms with Crippen LogP contribution in [-0.4, -0.2) is 43.5 Å². The minimum absolute atomic E-state index is 0.248. The molecule has 2 atom stereocenters. The van der Waals surface area contributed by atoms with Crippen LogP contribution in [0.3, 0.4) is 0 Å². The van der Waals surface area contributed by atoms with Crippen LogP contribution in [-0.2, 0) is 14.2 Å². The van der Waals surface area contributed by atoms with Gasteiger partial charge in [0.2, 0.25) is 0 Å². The number of rotatable bonds is 18. The summed E-state index contributed by atoms with van der Waals surface area (Å²) in [5.41, 5.74) is 5.73. The molecule has 0 bridgehead atoms. The highest BCUT2D eigenvalue weighted by Crippen LogP contribution is 2.12. The van der Waals surface area contributed by atoms with E-state index in [1.165, 1.54) is 57.8 Å². The monoisotopic (exact) mass is 347 g/mol. The van der Waals surface area contributed by atoms with Gasteiger partial charge in [-0.2, -0.15) is 0 Å². The normalized spacial score (nSPS) is 15.4. The van der Waals surface area contributed by atoms with Crippen molar-refractivity contribution in [3.63, 3.8) is 0 Å². The predicted octanol–water partition coefficient (Wildman–Crippen LogP) is 3.97. The Hall–Kier alpha value is -0.200. The van der Waals surface area contributed by atoms with Crippen molar-refractivity contribution in [3.8, 4) is 0 Å². The molecule has 0 saturated carbocycles. The largest absolute Gasteiger partial charge is 0.378 e. The van der Waals surface area contributed by atoms with E-state index in [-0.39, 0.29) is 6.61 Å². The van der Waals surface area contributed by atoms with Gasteiger partial charge in [-0.1, -0.05) is 64.7 Å². The van der Waals surface area contributed by atoms with Crippen LogP contribution in [0.5, 0.6) is 0 Å². The van der Waals surface area contributed by atoms with Gasteiger partial charge in [0, 0.05) is 19.8 Å². The maximum atomic E-state index is 10.0. The number of aliphatic hydroxyl groups is 1. The first-order chi connectivity index (χ1) is 11.6. The molecule has 0 aromatic rings. The van der Waals surface area contributed by atoms with Crippen molar-refractivity contribution in [1.29, 1.82) is 0 Å². The Morgan fingerprint density at radius 2 is 1.38 bits per heavy atom. The predicted molar refractivity (Wildman–Crippen MR) is 98.8 cm³/mol. The summed E-state index contributed by atoms with van der Waals surface area (Å²) < 4.78 is 16.2. The lowest BCUT2D eigenvalue weighted by Crippen LogP contribution is -2.56. The van der Waals surface area contributed by atoms with Gasteiger partial charge in [-0.05, 0) is 20.3 Å². The molecule has 0 aromatic carbocycles. The third-order valence-corrected chi connectivity index (χ3v) is 4.12. The van der Waals surface area contributed by atoms with Crippen molar-refractivity contribution in [2.45, 2.75) is 97.0 Å². The number of unbranched alkanes of at least 4 members (excludes halogenated alkanes) is 9. The molecule has 2 unspecified atom stereocenters. The second-order valence-corrected chi connectivity index (χ2v) is 6.39. The van der Waals surface area contributed by atoms with E-state index >= 15 is 0 Å². The molecule has 5 nitrogen and oxygen atoms in total. The van der Waals surface area contributed by atoms with E-state index in [0.717, 1.165) is 6.42 Å². The second-order valence-electron chi connectivity index (χ2n) is 6.39. The van der Waals surface area contributed by atoms with Gasteiger partial charge in [-0.25, -0.2) is 0 Å². The van der Waals surface area contributed by atoms with Crippen molar-refractivity contribution in [1.82, 2.24) is 0 Å². The molecular weight excluding hydrogens is 306 g/mol. The molecule has 0 fully saturated rings. The Labute approximate surface area is 149 Å². The van der Waals surface area contributed by atoms with Crippen molar-refractivity contribution < 1.29 is 19.3 Å². The fourth-order valence-electron chi connectivity index (χ4n) is 2.69. The number of ether oxygens (including phenoxy) is 3. The molecule has 146 valence electrons. The molecular formula is C19H41NO4. The third-order valence-electron chi connectivity index (χ3n) is 4.12. The summed E-state index contributed by atoms with van der Waals surface area (Å²) in [5.74, 6) is -1.79. The molecule has 0 saturated heterocycles. The molecule has 0 heterocycles.